The summed E-state index contributed by atoms with van der Waals surface area (Å²) in [6.45, 7) is 6.67. The van der Waals surface area contributed by atoms with E-state index in [1.165, 1.54) is 32.4 Å². The highest BCUT2D eigenvalue weighted by Crippen LogP contribution is 2.28. The zero-order chi connectivity index (χ0) is 11.5. The Kier molecular flexibility index (Phi) is 3.69. The van der Waals surface area contributed by atoms with Gasteiger partial charge in [-0.05, 0) is 46.1 Å². The number of nitrogens with two attached hydrogens (primary N) is 1. The van der Waals surface area contributed by atoms with Crippen molar-refractivity contribution in [2.24, 2.45) is 10.7 Å². The molecule has 0 aromatic rings. The molecule has 2 atom stereocenters. The van der Waals surface area contributed by atoms with Crippen LogP contribution in [0.2, 0.25) is 0 Å². The highest BCUT2D eigenvalue weighted by molar-refractivity contribution is 5.78. The van der Waals surface area contributed by atoms with Gasteiger partial charge in [-0.1, -0.05) is 0 Å². The zero-order valence-corrected chi connectivity index (χ0v) is 10.4. The Hall–Kier alpha value is -0.770. The van der Waals surface area contributed by atoms with Crippen molar-refractivity contribution in [2.45, 2.75) is 57.7 Å². The van der Waals surface area contributed by atoms with Gasteiger partial charge in [0.15, 0.2) is 5.96 Å². The predicted molar refractivity (Wildman–Crippen MR) is 67.5 cm³/mol. The van der Waals surface area contributed by atoms with Gasteiger partial charge in [0.2, 0.25) is 0 Å². The fraction of sp³-hybridized carbons (Fsp3) is 0.917. The van der Waals surface area contributed by atoms with Crippen molar-refractivity contribution in [2.75, 3.05) is 13.1 Å². The van der Waals surface area contributed by atoms with E-state index in [0.717, 1.165) is 12.5 Å². The summed E-state index contributed by atoms with van der Waals surface area (Å²) in [5.74, 6) is 0.617. The van der Waals surface area contributed by atoms with Gasteiger partial charge in [-0.15, -0.1) is 0 Å². The van der Waals surface area contributed by atoms with Crippen molar-refractivity contribution in [3.05, 3.63) is 0 Å². The first kappa shape index (κ1) is 11.7. The van der Waals surface area contributed by atoms with Gasteiger partial charge in [0.1, 0.15) is 0 Å². The Morgan fingerprint density at radius 2 is 2.19 bits per heavy atom. The lowest BCUT2D eigenvalue weighted by molar-refractivity contribution is 0.182. The second-order valence-electron chi connectivity index (χ2n) is 5.32. The number of aliphatic imine (C=N–C) groups is 1. The molecule has 0 aromatic heterocycles. The van der Waals surface area contributed by atoms with E-state index in [4.69, 9.17) is 5.73 Å². The van der Waals surface area contributed by atoms with Crippen LogP contribution >= 0.6 is 0 Å². The Bertz CT molecular complexity index is 262. The van der Waals surface area contributed by atoms with Gasteiger partial charge in [0.25, 0.3) is 0 Å². The van der Waals surface area contributed by atoms with Gasteiger partial charge in [-0.25, -0.2) is 0 Å². The molecular weight excluding hydrogens is 200 g/mol. The van der Waals surface area contributed by atoms with Gasteiger partial charge >= 0.3 is 0 Å². The lowest BCUT2D eigenvalue weighted by Gasteiger charge is -2.33. The molecule has 2 aliphatic rings. The molecule has 16 heavy (non-hydrogen) atoms. The molecule has 4 nitrogen and oxygen atoms in total. The quantitative estimate of drug-likeness (QED) is 0.542. The lowest BCUT2D eigenvalue weighted by atomic mass is 9.98. The maximum atomic E-state index is 5.87. The number of rotatable bonds is 2. The molecule has 0 aliphatic carbocycles. The maximum Gasteiger partial charge on any atom is 0.189 e. The molecule has 92 valence electrons. The molecule has 2 saturated heterocycles. The molecular formula is C12H24N4. The van der Waals surface area contributed by atoms with Crippen LogP contribution in [0.15, 0.2) is 4.99 Å². The molecule has 3 N–H and O–H groups in total. The Morgan fingerprint density at radius 3 is 2.94 bits per heavy atom. The van der Waals surface area contributed by atoms with E-state index in [9.17, 15) is 0 Å². The van der Waals surface area contributed by atoms with E-state index in [-0.39, 0.29) is 0 Å². The second kappa shape index (κ2) is 5.04. The third kappa shape index (κ3) is 2.88. The zero-order valence-electron chi connectivity index (χ0n) is 10.4. The first-order valence-electron chi connectivity index (χ1n) is 6.49. The number of nitrogens with one attached hydrogen (secondary N) is 1. The molecule has 4 heteroatoms. The average Bonchev–Trinajstić information content (AvgIpc) is 2.63. The summed E-state index contributed by atoms with van der Waals surface area (Å²) in [5.41, 5.74) is 5.87. The third-order valence-corrected chi connectivity index (χ3v) is 3.55. The van der Waals surface area contributed by atoms with Crippen molar-refractivity contribution < 1.29 is 0 Å². The average molecular weight is 224 g/mol. The minimum Gasteiger partial charge on any atom is -0.370 e. The summed E-state index contributed by atoms with van der Waals surface area (Å²) in [5, 5.41) is 3.16. The smallest absolute Gasteiger partial charge is 0.189 e. The van der Waals surface area contributed by atoms with E-state index < -0.39 is 0 Å². The third-order valence-electron chi connectivity index (χ3n) is 3.55. The SMILES string of the molecule is CC(C)NC(N)=NC1CCN2CCCC2C1. The van der Waals surface area contributed by atoms with Crippen LogP contribution in [0.25, 0.3) is 0 Å². The summed E-state index contributed by atoms with van der Waals surface area (Å²) in [6.07, 6.45) is 5.07. The van der Waals surface area contributed by atoms with Crippen LogP contribution in [0.4, 0.5) is 0 Å². The number of nitrogens with zero attached hydrogens (tertiary/aromatic N) is 2. The number of fused-ring (bicyclic) bond motifs is 1. The first-order chi connectivity index (χ1) is 7.65. The van der Waals surface area contributed by atoms with Gasteiger partial charge in [0, 0.05) is 18.6 Å². The van der Waals surface area contributed by atoms with Crippen LogP contribution in [0, 0.1) is 0 Å². The highest BCUT2D eigenvalue weighted by atomic mass is 15.2. The van der Waals surface area contributed by atoms with Crippen LogP contribution in [-0.4, -0.2) is 42.1 Å². The van der Waals surface area contributed by atoms with Crippen LogP contribution in [-0.2, 0) is 0 Å². The molecule has 0 spiro atoms. The fourth-order valence-electron chi connectivity index (χ4n) is 2.85. The molecule has 0 bridgehead atoms. The van der Waals surface area contributed by atoms with E-state index in [1.807, 2.05) is 0 Å². The van der Waals surface area contributed by atoms with E-state index in [2.05, 4.69) is 29.1 Å². The number of guanidine groups is 1. The largest absolute Gasteiger partial charge is 0.370 e. The van der Waals surface area contributed by atoms with Gasteiger partial charge in [-0.3, -0.25) is 4.99 Å². The summed E-state index contributed by atoms with van der Waals surface area (Å²) in [6, 6.07) is 1.58. The van der Waals surface area contributed by atoms with Crippen molar-refractivity contribution in [3.8, 4) is 0 Å². The Morgan fingerprint density at radius 1 is 1.38 bits per heavy atom. The van der Waals surface area contributed by atoms with Crippen LogP contribution in [0.5, 0.6) is 0 Å². The van der Waals surface area contributed by atoms with Crippen molar-refractivity contribution >= 4 is 5.96 Å². The van der Waals surface area contributed by atoms with E-state index in [0.29, 0.717) is 18.0 Å². The summed E-state index contributed by atoms with van der Waals surface area (Å²) in [4.78, 5) is 7.20. The normalized spacial score (nSPS) is 31.8. The monoisotopic (exact) mass is 224 g/mol. The highest BCUT2D eigenvalue weighted by Gasteiger charge is 2.31. The Balaban J connectivity index is 1.86. The fourth-order valence-corrected chi connectivity index (χ4v) is 2.85. The number of hydrogen-bond acceptors (Lipinski definition) is 2. The standard InChI is InChI=1S/C12H24N4/c1-9(2)14-12(13)15-10-5-7-16-6-3-4-11(16)8-10/h9-11H,3-8H2,1-2H3,(H3,13,14,15). The van der Waals surface area contributed by atoms with Crippen molar-refractivity contribution in [3.63, 3.8) is 0 Å². The molecule has 0 radical (unpaired) electrons. The molecule has 2 rings (SSSR count). The van der Waals surface area contributed by atoms with Gasteiger partial charge in [-0.2, -0.15) is 0 Å². The summed E-state index contributed by atoms with van der Waals surface area (Å²) < 4.78 is 0. The predicted octanol–water partition coefficient (Wildman–Crippen LogP) is 0.926. The van der Waals surface area contributed by atoms with Gasteiger partial charge in [0.05, 0.1) is 6.04 Å². The molecule has 0 saturated carbocycles. The molecule has 2 aliphatic heterocycles. The topological polar surface area (TPSA) is 53.6 Å². The maximum absolute atomic E-state index is 5.87. The molecule has 2 fully saturated rings. The minimum atomic E-state index is 0.371. The van der Waals surface area contributed by atoms with E-state index >= 15 is 0 Å². The number of piperidine rings is 1. The second-order valence-corrected chi connectivity index (χ2v) is 5.32. The summed E-state index contributed by atoms with van der Waals surface area (Å²) >= 11 is 0. The van der Waals surface area contributed by atoms with E-state index in [1.54, 1.807) is 0 Å². The van der Waals surface area contributed by atoms with Gasteiger partial charge < -0.3 is 16.0 Å². The first-order valence-corrected chi connectivity index (χ1v) is 6.49. The summed E-state index contributed by atoms with van der Waals surface area (Å²) in [7, 11) is 0. The van der Waals surface area contributed by atoms with Crippen LogP contribution in [0.3, 0.4) is 0 Å². The molecule has 2 heterocycles. The Labute approximate surface area is 98.3 Å². The number of hydrogen-bond donors (Lipinski definition) is 2. The molecule has 2 unspecified atom stereocenters. The van der Waals surface area contributed by atoms with Crippen molar-refractivity contribution in [1.82, 2.24) is 10.2 Å². The lowest BCUT2D eigenvalue weighted by Crippen LogP contribution is -2.42. The minimum absolute atomic E-state index is 0.371. The molecule has 0 aromatic carbocycles. The molecule has 0 amide bonds. The van der Waals surface area contributed by atoms with Crippen LogP contribution < -0.4 is 11.1 Å². The van der Waals surface area contributed by atoms with Crippen molar-refractivity contribution in [1.29, 1.82) is 0 Å². The van der Waals surface area contributed by atoms with Crippen LogP contribution in [0.1, 0.15) is 39.5 Å².